The molecule has 1 aromatic carbocycles. The third kappa shape index (κ3) is 3.38. The Labute approximate surface area is 144 Å². The van der Waals surface area contributed by atoms with Gasteiger partial charge in [-0.2, -0.15) is 0 Å². The summed E-state index contributed by atoms with van der Waals surface area (Å²) >= 11 is 0. The second-order valence-electron chi connectivity index (χ2n) is 6.44. The zero-order valence-corrected chi connectivity index (χ0v) is 14.0. The van der Waals surface area contributed by atoms with E-state index in [0.717, 1.165) is 5.56 Å². The molecule has 0 bridgehead atoms. The molecule has 1 N–H and O–H groups in total. The van der Waals surface area contributed by atoms with Crippen molar-refractivity contribution in [2.45, 2.75) is 20.4 Å². The molecular formula is C17H19FN4O3. The summed E-state index contributed by atoms with van der Waals surface area (Å²) in [6.07, 6.45) is 0. The first-order chi connectivity index (χ1) is 11.9. The first kappa shape index (κ1) is 17.1. The molecule has 1 fully saturated rings. The fourth-order valence-electron chi connectivity index (χ4n) is 3.07. The summed E-state index contributed by atoms with van der Waals surface area (Å²) in [6.45, 7) is 4.51. The van der Waals surface area contributed by atoms with Gasteiger partial charge in [-0.15, -0.1) is 5.10 Å². The monoisotopic (exact) mass is 346 g/mol. The second-order valence-corrected chi connectivity index (χ2v) is 6.44. The van der Waals surface area contributed by atoms with Crippen molar-refractivity contribution in [1.29, 1.82) is 0 Å². The van der Waals surface area contributed by atoms with Crippen molar-refractivity contribution in [2.75, 3.05) is 13.1 Å². The van der Waals surface area contributed by atoms with Crippen LogP contribution in [-0.4, -0.2) is 50.0 Å². The summed E-state index contributed by atoms with van der Waals surface area (Å²) in [5, 5.41) is 17.2. The molecule has 1 aromatic heterocycles. The van der Waals surface area contributed by atoms with Crippen LogP contribution in [0.1, 0.15) is 28.7 Å². The molecule has 132 valence electrons. The molecule has 0 spiro atoms. The highest BCUT2D eigenvalue weighted by molar-refractivity contribution is 5.93. The fraction of sp³-hybridized carbons (Fsp3) is 0.412. The number of likely N-dealkylation sites (tertiary alicyclic amines) is 1. The molecule has 2 atom stereocenters. The number of carbonyl (C=O) groups is 2. The fourth-order valence-corrected chi connectivity index (χ4v) is 3.07. The van der Waals surface area contributed by atoms with E-state index in [0.29, 0.717) is 18.8 Å². The van der Waals surface area contributed by atoms with E-state index in [1.165, 1.54) is 17.0 Å². The number of carboxylic acid groups (broad SMARTS) is 1. The van der Waals surface area contributed by atoms with Crippen molar-refractivity contribution in [3.8, 4) is 0 Å². The maximum absolute atomic E-state index is 13.0. The highest BCUT2D eigenvalue weighted by Gasteiger charge is 2.38. The Bertz CT molecular complexity index is 803. The maximum Gasteiger partial charge on any atom is 0.308 e. The number of halogens is 1. The van der Waals surface area contributed by atoms with Gasteiger partial charge in [-0.25, -0.2) is 9.07 Å². The van der Waals surface area contributed by atoms with Crippen LogP contribution in [0.15, 0.2) is 24.3 Å². The molecule has 2 heterocycles. The summed E-state index contributed by atoms with van der Waals surface area (Å²) in [4.78, 5) is 25.4. The number of carboxylic acids is 1. The Hall–Kier alpha value is -2.77. The minimum absolute atomic E-state index is 0.101. The van der Waals surface area contributed by atoms with Crippen molar-refractivity contribution in [2.24, 2.45) is 11.8 Å². The summed E-state index contributed by atoms with van der Waals surface area (Å²) in [5.74, 6) is -2.17. The summed E-state index contributed by atoms with van der Waals surface area (Å²) in [6, 6.07) is 6.03. The van der Waals surface area contributed by atoms with Gasteiger partial charge in [-0.3, -0.25) is 9.59 Å². The molecule has 25 heavy (non-hydrogen) atoms. The molecule has 7 nitrogen and oxygen atoms in total. The SMILES string of the molecule is Cc1c(C(=O)N2C[C@@H](C)[C@H](C(=O)O)C2)nnn1Cc1ccc(F)cc1. The third-order valence-corrected chi connectivity index (χ3v) is 4.65. The Morgan fingerprint density at radius 1 is 1.28 bits per heavy atom. The van der Waals surface area contributed by atoms with Gasteiger partial charge in [-0.05, 0) is 30.5 Å². The molecular weight excluding hydrogens is 327 g/mol. The molecule has 0 radical (unpaired) electrons. The van der Waals surface area contributed by atoms with E-state index in [9.17, 15) is 19.1 Å². The van der Waals surface area contributed by atoms with Gasteiger partial charge in [0.1, 0.15) is 5.82 Å². The van der Waals surface area contributed by atoms with Crippen LogP contribution in [0, 0.1) is 24.6 Å². The summed E-state index contributed by atoms with van der Waals surface area (Å²) < 4.78 is 14.6. The standard InChI is InChI=1S/C17H19FN4O3/c1-10-7-21(9-14(10)17(24)25)16(23)15-11(2)22(20-19-15)8-12-3-5-13(18)6-4-12/h3-6,10,14H,7-9H2,1-2H3,(H,24,25)/t10-,14-/m1/s1. The van der Waals surface area contributed by atoms with Crippen molar-refractivity contribution in [1.82, 2.24) is 19.9 Å². The number of aliphatic carboxylic acids is 1. The molecule has 0 aliphatic carbocycles. The quantitative estimate of drug-likeness (QED) is 0.908. The molecule has 8 heteroatoms. The van der Waals surface area contributed by atoms with Gasteiger partial charge in [0.25, 0.3) is 5.91 Å². The Morgan fingerprint density at radius 3 is 2.56 bits per heavy atom. The highest BCUT2D eigenvalue weighted by atomic mass is 19.1. The molecule has 1 amide bonds. The number of nitrogens with zero attached hydrogens (tertiary/aromatic N) is 4. The van der Waals surface area contributed by atoms with Gasteiger partial charge >= 0.3 is 5.97 Å². The topological polar surface area (TPSA) is 88.3 Å². The molecule has 1 aliphatic rings. The average Bonchev–Trinajstić information content (AvgIpc) is 3.13. The number of rotatable bonds is 4. The number of benzene rings is 1. The Kier molecular flexibility index (Phi) is 4.52. The Balaban J connectivity index is 1.75. The molecule has 0 saturated carbocycles. The van der Waals surface area contributed by atoms with E-state index in [1.807, 2.05) is 6.92 Å². The molecule has 0 unspecified atom stereocenters. The van der Waals surface area contributed by atoms with E-state index >= 15 is 0 Å². The molecule has 1 saturated heterocycles. The van der Waals surface area contributed by atoms with Crippen molar-refractivity contribution < 1.29 is 19.1 Å². The minimum Gasteiger partial charge on any atom is -0.481 e. The third-order valence-electron chi connectivity index (χ3n) is 4.65. The van der Waals surface area contributed by atoms with Crippen molar-refractivity contribution in [3.05, 3.63) is 47.0 Å². The molecule has 3 rings (SSSR count). The van der Waals surface area contributed by atoms with Crippen LogP contribution in [0.4, 0.5) is 4.39 Å². The van der Waals surface area contributed by atoms with Gasteiger partial charge in [0.2, 0.25) is 0 Å². The number of amides is 1. The highest BCUT2D eigenvalue weighted by Crippen LogP contribution is 2.25. The second kappa shape index (κ2) is 6.62. The van der Waals surface area contributed by atoms with Crippen LogP contribution in [0.3, 0.4) is 0 Å². The van der Waals surface area contributed by atoms with Crippen LogP contribution >= 0.6 is 0 Å². The number of aromatic nitrogens is 3. The van der Waals surface area contributed by atoms with Crippen LogP contribution in [0.2, 0.25) is 0 Å². The minimum atomic E-state index is -0.889. The lowest BCUT2D eigenvalue weighted by Crippen LogP contribution is -2.30. The average molecular weight is 346 g/mol. The summed E-state index contributed by atoms with van der Waals surface area (Å²) in [7, 11) is 0. The lowest BCUT2D eigenvalue weighted by Gasteiger charge is -2.14. The number of hydrogen-bond acceptors (Lipinski definition) is 4. The Morgan fingerprint density at radius 2 is 1.96 bits per heavy atom. The van der Waals surface area contributed by atoms with Crippen molar-refractivity contribution in [3.63, 3.8) is 0 Å². The predicted octanol–water partition coefficient (Wildman–Crippen LogP) is 1.57. The molecule has 2 aromatic rings. The van der Waals surface area contributed by atoms with Gasteiger partial charge < -0.3 is 10.0 Å². The lowest BCUT2D eigenvalue weighted by atomic mass is 9.99. The van der Waals surface area contributed by atoms with E-state index < -0.39 is 11.9 Å². The van der Waals surface area contributed by atoms with Crippen LogP contribution in [-0.2, 0) is 11.3 Å². The number of hydrogen-bond donors (Lipinski definition) is 1. The van der Waals surface area contributed by atoms with Gasteiger partial charge in [-0.1, -0.05) is 24.3 Å². The zero-order valence-electron chi connectivity index (χ0n) is 14.0. The van der Waals surface area contributed by atoms with Gasteiger partial charge in [0.05, 0.1) is 18.2 Å². The predicted molar refractivity (Wildman–Crippen MR) is 86.5 cm³/mol. The van der Waals surface area contributed by atoms with Crippen molar-refractivity contribution >= 4 is 11.9 Å². The lowest BCUT2D eigenvalue weighted by molar-refractivity contribution is -0.142. The zero-order chi connectivity index (χ0) is 18.1. The smallest absolute Gasteiger partial charge is 0.308 e. The first-order valence-corrected chi connectivity index (χ1v) is 8.03. The van der Waals surface area contributed by atoms with Crippen LogP contribution in [0.25, 0.3) is 0 Å². The summed E-state index contributed by atoms with van der Waals surface area (Å²) in [5.41, 5.74) is 1.66. The normalized spacial score (nSPS) is 20.0. The van der Waals surface area contributed by atoms with Gasteiger partial charge in [0.15, 0.2) is 5.69 Å². The van der Waals surface area contributed by atoms with Gasteiger partial charge in [0, 0.05) is 13.1 Å². The van der Waals surface area contributed by atoms with E-state index in [1.54, 1.807) is 23.7 Å². The van der Waals surface area contributed by atoms with Crippen LogP contribution < -0.4 is 0 Å². The van der Waals surface area contributed by atoms with E-state index in [2.05, 4.69) is 10.3 Å². The van der Waals surface area contributed by atoms with E-state index in [4.69, 9.17) is 0 Å². The molecule has 1 aliphatic heterocycles. The first-order valence-electron chi connectivity index (χ1n) is 8.03. The van der Waals surface area contributed by atoms with Crippen LogP contribution in [0.5, 0.6) is 0 Å². The number of carbonyl (C=O) groups excluding carboxylic acids is 1. The maximum atomic E-state index is 13.0. The largest absolute Gasteiger partial charge is 0.481 e. The van der Waals surface area contributed by atoms with E-state index in [-0.39, 0.29) is 29.9 Å².